The molecule has 0 saturated carbocycles. The molecule has 0 atom stereocenters. The predicted octanol–water partition coefficient (Wildman–Crippen LogP) is 4.72. The third kappa shape index (κ3) is 9.59. The van der Waals surface area contributed by atoms with Crippen LogP contribution in [0.25, 0.3) is 0 Å². The van der Waals surface area contributed by atoms with Crippen molar-refractivity contribution in [2.45, 2.75) is 32.8 Å². The number of carboxylic acid groups (broad SMARTS) is 1. The maximum atomic E-state index is 13.5. The lowest BCUT2D eigenvalue weighted by Crippen LogP contribution is -2.29. The van der Waals surface area contributed by atoms with Gasteiger partial charge in [-0.15, -0.1) is 0 Å². The van der Waals surface area contributed by atoms with Crippen LogP contribution in [0.15, 0.2) is 54.6 Å². The molecule has 11 heteroatoms. The molecule has 0 spiro atoms. The molecule has 1 heterocycles. The Labute approximate surface area is 270 Å². The number of fused-ring (bicyclic) bond motifs is 1. The SMILES string of the molecule is COCCOCCOCCN(CCCC(=O)O)c1cc(C)cc(COc2cc(N)c(C(=O)N3CCc4ccccc43)cc2OC)c1. The lowest BCUT2D eigenvalue weighted by molar-refractivity contribution is -0.137. The Morgan fingerprint density at radius 1 is 0.935 bits per heavy atom. The molecular formula is C35H45N3O8. The van der Waals surface area contributed by atoms with Crippen molar-refractivity contribution in [2.24, 2.45) is 0 Å². The summed E-state index contributed by atoms with van der Waals surface area (Å²) < 4.78 is 28.0. The van der Waals surface area contributed by atoms with Crippen LogP contribution in [-0.2, 0) is 32.0 Å². The second kappa shape index (κ2) is 17.4. The maximum Gasteiger partial charge on any atom is 0.303 e. The Hall–Kier alpha value is -4.32. The van der Waals surface area contributed by atoms with Gasteiger partial charge in [-0.1, -0.05) is 24.3 Å². The molecule has 3 aromatic rings. The summed E-state index contributed by atoms with van der Waals surface area (Å²) in [6, 6.07) is 17.3. The number of carboxylic acids is 1. The molecule has 0 aliphatic carbocycles. The van der Waals surface area contributed by atoms with E-state index in [9.17, 15) is 14.7 Å². The molecule has 0 aromatic heterocycles. The summed E-state index contributed by atoms with van der Waals surface area (Å²) in [4.78, 5) is 28.6. The third-order valence-electron chi connectivity index (χ3n) is 7.71. The molecule has 1 aliphatic rings. The summed E-state index contributed by atoms with van der Waals surface area (Å²) >= 11 is 0. The normalized spacial score (nSPS) is 12.2. The van der Waals surface area contributed by atoms with Crippen LogP contribution < -0.4 is 25.0 Å². The molecule has 0 bridgehead atoms. The second-order valence-electron chi connectivity index (χ2n) is 11.1. The minimum absolute atomic E-state index is 0.0798. The first-order valence-electron chi connectivity index (χ1n) is 15.5. The highest BCUT2D eigenvalue weighted by atomic mass is 16.5. The predicted molar refractivity (Wildman–Crippen MR) is 177 cm³/mol. The molecule has 0 radical (unpaired) electrons. The van der Waals surface area contributed by atoms with Gasteiger partial charge < -0.3 is 44.3 Å². The van der Waals surface area contributed by atoms with E-state index in [1.807, 2.05) is 43.3 Å². The van der Waals surface area contributed by atoms with E-state index in [0.29, 0.717) is 81.8 Å². The Balaban J connectivity index is 1.43. The second-order valence-corrected chi connectivity index (χ2v) is 11.1. The summed E-state index contributed by atoms with van der Waals surface area (Å²) in [6.07, 6.45) is 1.38. The molecule has 1 amide bonds. The zero-order valence-corrected chi connectivity index (χ0v) is 27.0. The summed E-state index contributed by atoms with van der Waals surface area (Å²) in [5.74, 6) is -0.160. The van der Waals surface area contributed by atoms with Gasteiger partial charge in [-0.05, 0) is 60.7 Å². The number of nitrogens with zero attached hydrogens (tertiary/aromatic N) is 2. The van der Waals surface area contributed by atoms with Gasteiger partial charge in [0.15, 0.2) is 11.5 Å². The van der Waals surface area contributed by atoms with E-state index in [0.717, 1.165) is 34.5 Å². The van der Waals surface area contributed by atoms with Gasteiger partial charge in [-0.25, -0.2) is 0 Å². The number of methoxy groups -OCH3 is 2. The van der Waals surface area contributed by atoms with E-state index in [4.69, 9.17) is 29.4 Å². The molecule has 0 fully saturated rings. The Morgan fingerprint density at radius 3 is 2.46 bits per heavy atom. The van der Waals surface area contributed by atoms with Crippen LogP contribution in [-0.4, -0.2) is 83.9 Å². The fourth-order valence-electron chi connectivity index (χ4n) is 5.43. The van der Waals surface area contributed by atoms with E-state index in [2.05, 4.69) is 11.0 Å². The highest BCUT2D eigenvalue weighted by Crippen LogP contribution is 2.36. The van der Waals surface area contributed by atoms with Gasteiger partial charge in [0.2, 0.25) is 0 Å². The van der Waals surface area contributed by atoms with Crippen molar-refractivity contribution in [3.63, 3.8) is 0 Å². The smallest absolute Gasteiger partial charge is 0.303 e. The highest BCUT2D eigenvalue weighted by molar-refractivity contribution is 6.10. The van der Waals surface area contributed by atoms with E-state index < -0.39 is 5.97 Å². The Bertz CT molecular complexity index is 1460. The van der Waals surface area contributed by atoms with Crippen LogP contribution in [0.4, 0.5) is 17.1 Å². The van der Waals surface area contributed by atoms with E-state index in [-0.39, 0.29) is 18.9 Å². The van der Waals surface area contributed by atoms with E-state index in [1.54, 1.807) is 24.1 Å². The quantitative estimate of drug-likeness (QED) is 0.141. The van der Waals surface area contributed by atoms with Gasteiger partial charge in [0.1, 0.15) is 6.61 Å². The molecule has 3 aromatic carbocycles. The van der Waals surface area contributed by atoms with Crippen molar-refractivity contribution in [1.82, 2.24) is 0 Å². The lowest BCUT2D eigenvalue weighted by atomic mass is 10.1. The van der Waals surface area contributed by atoms with Crippen LogP contribution in [0.5, 0.6) is 11.5 Å². The van der Waals surface area contributed by atoms with Gasteiger partial charge in [-0.2, -0.15) is 0 Å². The van der Waals surface area contributed by atoms with Gasteiger partial charge in [0, 0.05) is 56.3 Å². The number of hydrogen-bond donors (Lipinski definition) is 2. The zero-order valence-electron chi connectivity index (χ0n) is 27.0. The number of anilines is 3. The summed E-state index contributed by atoms with van der Waals surface area (Å²) in [5, 5.41) is 9.18. The van der Waals surface area contributed by atoms with Gasteiger partial charge in [0.25, 0.3) is 5.91 Å². The van der Waals surface area contributed by atoms with E-state index in [1.165, 1.54) is 7.11 Å². The topological polar surface area (TPSA) is 133 Å². The van der Waals surface area contributed by atoms with Crippen LogP contribution >= 0.6 is 0 Å². The fraction of sp³-hybridized carbons (Fsp3) is 0.429. The van der Waals surface area contributed by atoms with Crippen molar-refractivity contribution in [3.05, 3.63) is 76.9 Å². The average molecular weight is 636 g/mol. The monoisotopic (exact) mass is 635 g/mol. The molecule has 248 valence electrons. The third-order valence-corrected chi connectivity index (χ3v) is 7.71. The standard InChI is InChI=1S/C35H45N3O8/c1-25-19-26(21-28(20-25)37(11-6-9-34(39)40)13-14-44-17-18-45-16-15-42-2)24-46-33-23-30(36)29(22-32(33)43-3)35(41)38-12-10-27-7-4-5-8-31(27)38/h4-5,7-8,19-23H,6,9-18,24,36H2,1-3H3,(H,39,40). The number of benzene rings is 3. The summed E-state index contributed by atoms with van der Waals surface area (Å²) in [5.41, 5.74) is 12.0. The average Bonchev–Trinajstić information content (AvgIpc) is 3.48. The first-order chi connectivity index (χ1) is 22.3. The molecule has 11 nitrogen and oxygen atoms in total. The summed E-state index contributed by atoms with van der Waals surface area (Å²) in [7, 11) is 3.16. The van der Waals surface area contributed by atoms with Crippen LogP contribution in [0, 0.1) is 6.92 Å². The minimum Gasteiger partial charge on any atom is -0.493 e. The molecule has 3 N–H and O–H groups in total. The minimum atomic E-state index is -0.825. The molecule has 1 aliphatic heterocycles. The largest absolute Gasteiger partial charge is 0.493 e. The first-order valence-corrected chi connectivity index (χ1v) is 15.5. The van der Waals surface area contributed by atoms with Crippen LogP contribution in [0.3, 0.4) is 0 Å². The number of hydrogen-bond acceptors (Lipinski definition) is 9. The Kier molecular flexibility index (Phi) is 13.1. The maximum absolute atomic E-state index is 13.5. The van der Waals surface area contributed by atoms with Crippen LogP contribution in [0.2, 0.25) is 0 Å². The number of aliphatic carboxylic acids is 1. The fourth-order valence-corrected chi connectivity index (χ4v) is 5.43. The lowest BCUT2D eigenvalue weighted by Gasteiger charge is -2.26. The number of rotatable bonds is 19. The van der Waals surface area contributed by atoms with Crippen molar-refractivity contribution in [1.29, 1.82) is 0 Å². The number of nitrogen functional groups attached to an aromatic ring is 1. The number of carbonyl (C=O) groups excluding carboxylic acids is 1. The van der Waals surface area contributed by atoms with Gasteiger partial charge in [0.05, 0.1) is 45.7 Å². The van der Waals surface area contributed by atoms with E-state index >= 15 is 0 Å². The zero-order chi connectivity index (χ0) is 32.9. The number of aryl methyl sites for hydroxylation is 1. The first kappa shape index (κ1) is 34.6. The van der Waals surface area contributed by atoms with Crippen molar-refractivity contribution in [3.8, 4) is 11.5 Å². The Morgan fingerprint density at radius 2 is 1.70 bits per heavy atom. The molecule has 0 unspecified atom stereocenters. The van der Waals surface area contributed by atoms with Gasteiger partial charge >= 0.3 is 5.97 Å². The number of amides is 1. The molecule has 0 saturated heterocycles. The molecule has 4 rings (SSSR count). The van der Waals surface area contributed by atoms with Crippen molar-refractivity contribution < 1.29 is 38.4 Å². The molecule has 46 heavy (non-hydrogen) atoms. The highest BCUT2D eigenvalue weighted by Gasteiger charge is 2.27. The van der Waals surface area contributed by atoms with Crippen molar-refractivity contribution in [2.75, 3.05) is 82.4 Å². The summed E-state index contributed by atoms with van der Waals surface area (Å²) in [6.45, 7) is 6.43. The number of nitrogens with two attached hydrogens (primary N) is 1. The number of carbonyl (C=O) groups is 2. The number of ether oxygens (including phenoxy) is 5. The number of para-hydroxylation sites is 1. The van der Waals surface area contributed by atoms with Gasteiger partial charge in [-0.3, -0.25) is 9.59 Å². The van der Waals surface area contributed by atoms with Crippen LogP contribution in [0.1, 0.15) is 39.9 Å². The van der Waals surface area contributed by atoms with Crippen molar-refractivity contribution >= 4 is 28.9 Å². The molecular weight excluding hydrogens is 590 g/mol.